The lowest BCUT2D eigenvalue weighted by molar-refractivity contribution is -0.131. The van der Waals surface area contributed by atoms with Crippen LogP contribution < -0.4 is 16.4 Å². The molecule has 3 amide bonds. The van der Waals surface area contributed by atoms with Crippen molar-refractivity contribution in [2.75, 3.05) is 19.6 Å². The van der Waals surface area contributed by atoms with E-state index in [4.69, 9.17) is 5.73 Å². The molecule has 4 saturated carbocycles. The Morgan fingerprint density at radius 2 is 1.67 bits per heavy atom. The Morgan fingerprint density at radius 1 is 1.07 bits per heavy atom. The first-order valence-corrected chi connectivity index (χ1v) is 10.5. The fourth-order valence-electron chi connectivity index (χ4n) is 6.64. The summed E-state index contributed by atoms with van der Waals surface area (Å²) < 4.78 is 0. The maximum atomic E-state index is 12.4. The third-order valence-corrected chi connectivity index (χ3v) is 7.36. The number of hydrogen-bond acceptors (Lipinski definition) is 3. The van der Waals surface area contributed by atoms with E-state index in [1.165, 1.54) is 19.3 Å². The second-order valence-electron chi connectivity index (χ2n) is 9.56. The summed E-state index contributed by atoms with van der Waals surface area (Å²) in [6.07, 6.45) is 8.92. The summed E-state index contributed by atoms with van der Waals surface area (Å²) in [4.78, 5) is 26.8. The first kappa shape index (κ1) is 20.7. The molecule has 4 N–H and O–H groups in total. The zero-order chi connectivity index (χ0) is 18.3. The van der Waals surface area contributed by atoms with Crippen LogP contribution in [0.25, 0.3) is 0 Å². The van der Waals surface area contributed by atoms with E-state index in [-0.39, 0.29) is 35.9 Å². The fourth-order valence-corrected chi connectivity index (χ4v) is 6.64. The predicted octanol–water partition coefficient (Wildman–Crippen LogP) is 2.26. The third-order valence-electron chi connectivity index (χ3n) is 7.36. The Hall–Kier alpha value is -1.01. The van der Waals surface area contributed by atoms with Crippen LogP contribution >= 0.6 is 12.4 Å². The molecule has 5 fully saturated rings. The molecule has 2 unspecified atom stereocenters. The summed E-state index contributed by atoms with van der Waals surface area (Å²) in [7, 11) is 0. The van der Waals surface area contributed by atoms with Crippen molar-refractivity contribution >= 4 is 24.3 Å². The first-order valence-electron chi connectivity index (χ1n) is 10.5. The Labute approximate surface area is 168 Å². The number of nitrogens with one attached hydrogen (secondary N) is 2. The smallest absolute Gasteiger partial charge is 0.315 e. The minimum atomic E-state index is -0.0888. The summed E-state index contributed by atoms with van der Waals surface area (Å²) in [5.74, 6) is 2.99. The quantitative estimate of drug-likeness (QED) is 0.663. The summed E-state index contributed by atoms with van der Waals surface area (Å²) >= 11 is 0. The van der Waals surface area contributed by atoms with E-state index in [1.54, 1.807) is 0 Å². The Bertz CT molecular complexity index is 535. The first-order chi connectivity index (χ1) is 12.5. The van der Waals surface area contributed by atoms with E-state index in [2.05, 4.69) is 17.6 Å². The van der Waals surface area contributed by atoms with Crippen molar-refractivity contribution in [2.24, 2.45) is 29.4 Å². The van der Waals surface area contributed by atoms with Crippen LogP contribution in [0.5, 0.6) is 0 Å². The van der Waals surface area contributed by atoms with E-state index in [0.29, 0.717) is 25.4 Å². The molecule has 6 nitrogen and oxygen atoms in total. The van der Waals surface area contributed by atoms with Gasteiger partial charge in [-0.3, -0.25) is 4.79 Å². The number of carbonyl (C=O) groups is 2. The molecule has 0 aromatic rings. The van der Waals surface area contributed by atoms with Gasteiger partial charge in [-0.15, -0.1) is 12.4 Å². The molecule has 0 spiro atoms. The lowest BCUT2D eigenvalue weighted by Crippen LogP contribution is -2.61. The molecule has 7 heteroatoms. The molecule has 0 aromatic heterocycles. The SMILES string of the molecule is CC1CC(CN)CN1C(=O)CCNC(=O)NC12CC3CC(CC(C3)C1)C2.Cl. The van der Waals surface area contributed by atoms with Crippen LogP contribution in [0.2, 0.25) is 0 Å². The van der Waals surface area contributed by atoms with Gasteiger partial charge < -0.3 is 21.3 Å². The molecule has 1 aliphatic heterocycles. The average molecular weight is 399 g/mol. The van der Waals surface area contributed by atoms with Gasteiger partial charge in [0.1, 0.15) is 0 Å². The molecule has 4 aliphatic carbocycles. The van der Waals surface area contributed by atoms with Gasteiger partial charge in [-0.25, -0.2) is 4.79 Å². The molecule has 1 heterocycles. The number of nitrogens with zero attached hydrogens (tertiary/aromatic N) is 1. The van der Waals surface area contributed by atoms with Gasteiger partial charge in [0, 0.05) is 31.1 Å². The normalized spacial score (nSPS) is 39.2. The molecule has 5 aliphatic rings. The lowest BCUT2D eigenvalue weighted by atomic mass is 9.53. The van der Waals surface area contributed by atoms with E-state index < -0.39 is 0 Å². The number of halogens is 1. The Morgan fingerprint density at radius 3 is 2.19 bits per heavy atom. The number of amides is 3. The zero-order valence-electron chi connectivity index (χ0n) is 16.4. The predicted molar refractivity (Wildman–Crippen MR) is 108 cm³/mol. The second-order valence-corrected chi connectivity index (χ2v) is 9.56. The Kier molecular flexibility index (Phi) is 6.26. The molecule has 4 bridgehead atoms. The van der Waals surface area contributed by atoms with Gasteiger partial charge in [0.15, 0.2) is 0 Å². The van der Waals surface area contributed by atoms with Crippen LogP contribution in [0.15, 0.2) is 0 Å². The largest absolute Gasteiger partial charge is 0.340 e. The molecule has 1 saturated heterocycles. The van der Waals surface area contributed by atoms with Crippen LogP contribution in [0.4, 0.5) is 4.79 Å². The van der Waals surface area contributed by atoms with Crippen LogP contribution in [0.1, 0.15) is 58.3 Å². The molecule has 154 valence electrons. The summed E-state index contributed by atoms with van der Waals surface area (Å²) in [5, 5.41) is 6.23. The maximum absolute atomic E-state index is 12.4. The average Bonchev–Trinajstić information content (AvgIpc) is 2.94. The Balaban J connectivity index is 0.00000210. The van der Waals surface area contributed by atoms with Crippen molar-refractivity contribution in [1.82, 2.24) is 15.5 Å². The van der Waals surface area contributed by atoms with E-state index >= 15 is 0 Å². The monoisotopic (exact) mass is 398 g/mol. The van der Waals surface area contributed by atoms with Crippen molar-refractivity contribution < 1.29 is 9.59 Å². The molecule has 2 atom stereocenters. The summed E-state index contributed by atoms with van der Waals surface area (Å²) in [6, 6.07) is 0.172. The number of carbonyl (C=O) groups excluding carboxylic acids is 2. The topological polar surface area (TPSA) is 87.5 Å². The van der Waals surface area contributed by atoms with Gasteiger partial charge in [-0.2, -0.15) is 0 Å². The van der Waals surface area contributed by atoms with Crippen molar-refractivity contribution in [1.29, 1.82) is 0 Å². The highest BCUT2D eigenvalue weighted by atomic mass is 35.5. The summed E-state index contributed by atoms with van der Waals surface area (Å²) in [5.41, 5.74) is 5.77. The standard InChI is InChI=1S/C20H34N4O2.ClH/c1-13-4-17(11-21)12-24(13)18(25)2-3-22-19(26)23-20-8-14-5-15(9-20)7-16(6-14)10-20;/h13-17H,2-12,21H2,1H3,(H2,22,23,26);1H. The lowest BCUT2D eigenvalue weighted by Gasteiger charge is -2.56. The number of nitrogens with two attached hydrogens (primary N) is 1. The maximum Gasteiger partial charge on any atom is 0.315 e. The third kappa shape index (κ3) is 4.37. The van der Waals surface area contributed by atoms with Crippen molar-refractivity contribution in [2.45, 2.75) is 69.9 Å². The number of likely N-dealkylation sites (tertiary alicyclic amines) is 1. The van der Waals surface area contributed by atoms with Gasteiger partial charge in [-0.1, -0.05) is 0 Å². The van der Waals surface area contributed by atoms with Crippen molar-refractivity contribution in [3.05, 3.63) is 0 Å². The minimum absolute atomic E-state index is 0. The minimum Gasteiger partial charge on any atom is -0.340 e. The zero-order valence-corrected chi connectivity index (χ0v) is 17.2. The second kappa shape index (κ2) is 8.16. The highest BCUT2D eigenvalue weighted by Gasteiger charge is 2.51. The highest BCUT2D eigenvalue weighted by Crippen LogP contribution is 2.55. The highest BCUT2D eigenvalue weighted by molar-refractivity contribution is 5.85. The van der Waals surface area contributed by atoms with Gasteiger partial charge in [0.25, 0.3) is 0 Å². The molecule has 27 heavy (non-hydrogen) atoms. The summed E-state index contributed by atoms with van der Waals surface area (Å²) in [6.45, 7) is 3.89. The van der Waals surface area contributed by atoms with Crippen LogP contribution in [-0.2, 0) is 4.79 Å². The van der Waals surface area contributed by atoms with Gasteiger partial charge >= 0.3 is 6.03 Å². The molecule has 0 radical (unpaired) electrons. The van der Waals surface area contributed by atoms with Gasteiger partial charge in [0.05, 0.1) is 0 Å². The molecule has 0 aromatic carbocycles. The van der Waals surface area contributed by atoms with E-state index in [0.717, 1.165) is 50.0 Å². The molecule has 5 rings (SSSR count). The van der Waals surface area contributed by atoms with Crippen LogP contribution in [0.3, 0.4) is 0 Å². The van der Waals surface area contributed by atoms with Crippen molar-refractivity contribution in [3.63, 3.8) is 0 Å². The van der Waals surface area contributed by atoms with Crippen LogP contribution in [-0.4, -0.2) is 48.1 Å². The van der Waals surface area contributed by atoms with Gasteiger partial charge in [0.2, 0.25) is 5.91 Å². The van der Waals surface area contributed by atoms with Crippen LogP contribution in [0, 0.1) is 23.7 Å². The fraction of sp³-hybridized carbons (Fsp3) is 0.900. The molecular formula is C20H35ClN4O2. The van der Waals surface area contributed by atoms with E-state index in [1.807, 2.05) is 4.90 Å². The van der Waals surface area contributed by atoms with Crippen molar-refractivity contribution in [3.8, 4) is 0 Å². The molecular weight excluding hydrogens is 364 g/mol. The number of hydrogen-bond donors (Lipinski definition) is 3. The number of rotatable bonds is 5. The van der Waals surface area contributed by atoms with Gasteiger partial charge in [-0.05, 0) is 82.1 Å². The number of urea groups is 1. The van der Waals surface area contributed by atoms with E-state index in [9.17, 15) is 9.59 Å².